The van der Waals surface area contributed by atoms with Crippen molar-refractivity contribution in [2.24, 2.45) is 5.41 Å². The molecule has 2 aliphatic heterocycles. The van der Waals surface area contributed by atoms with Crippen LogP contribution in [0.3, 0.4) is 0 Å². The van der Waals surface area contributed by atoms with Gasteiger partial charge in [0.1, 0.15) is 0 Å². The van der Waals surface area contributed by atoms with Crippen molar-refractivity contribution >= 4 is 0 Å². The number of hydrogen-bond acceptors (Lipinski definition) is 5. The summed E-state index contributed by atoms with van der Waals surface area (Å²) in [6.07, 6.45) is 9.19. The van der Waals surface area contributed by atoms with E-state index in [1.54, 1.807) is 0 Å². The quantitative estimate of drug-likeness (QED) is 0.799. The number of aromatic nitrogens is 2. The van der Waals surface area contributed by atoms with Crippen LogP contribution in [0.1, 0.15) is 30.5 Å². The minimum atomic E-state index is 0.0955. The molecule has 0 bridgehead atoms. The van der Waals surface area contributed by atoms with Gasteiger partial charge in [-0.05, 0) is 49.1 Å². The molecule has 4 heterocycles. The number of hydrogen-bond donors (Lipinski definition) is 0. The van der Waals surface area contributed by atoms with E-state index in [-0.39, 0.29) is 5.41 Å². The smallest absolute Gasteiger partial charge is 0.0718 e. The molecule has 2 aromatic rings. The third-order valence-electron chi connectivity index (χ3n) is 5.59. The maximum Gasteiger partial charge on any atom is 0.0718 e. The Morgan fingerprint density at radius 1 is 1.19 bits per heavy atom. The van der Waals surface area contributed by atoms with E-state index in [2.05, 4.69) is 27.0 Å². The van der Waals surface area contributed by atoms with Crippen molar-refractivity contribution < 1.29 is 9.47 Å². The molecule has 2 aliphatic rings. The van der Waals surface area contributed by atoms with Crippen molar-refractivity contribution in [1.82, 2.24) is 14.9 Å². The number of fused-ring (bicyclic) bond motifs is 1. The van der Waals surface area contributed by atoms with Gasteiger partial charge in [0.05, 0.1) is 25.0 Å². The van der Waals surface area contributed by atoms with Crippen LogP contribution in [0.5, 0.6) is 0 Å². The first-order valence-electron chi connectivity index (χ1n) is 9.55. The molecule has 5 nitrogen and oxygen atoms in total. The highest BCUT2D eigenvalue weighted by molar-refractivity contribution is 5.08. The molecule has 0 unspecified atom stereocenters. The zero-order chi connectivity index (χ0) is 17.7. The summed E-state index contributed by atoms with van der Waals surface area (Å²) in [5.41, 5.74) is 2.40. The largest absolute Gasteiger partial charge is 0.377 e. The molecule has 0 amide bonds. The molecule has 0 saturated carbocycles. The summed E-state index contributed by atoms with van der Waals surface area (Å²) in [4.78, 5) is 11.1. The number of ether oxygens (including phenoxy) is 2. The topological polar surface area (TPSA) is 47.5 Å². The third kappa shape index (κ3) is 4.11. The van der Waals surface area contributed by atoms with E-state index in [1.165, 1.54) is 12.0 Å². The van der Waals surface area contributed by atoms with Crippen LogP contribution >= 0.6 is 0 Å². The predicted octanol–water partition coefficient (Wildman–Crippen LogP) is 3.06. The molecule has 2 saturated heterocycles. The fourth-order valence-corrected chi connectivity index (χ4v) is 4.30. The van der Waals surface area contributed by atoms with Crippen molar-refractivity contribution in [3.63, 3.8) is 0 Å². The highest BCUT2D eigenvalue weighted by atomic mass is 16.5. The molecule has 0 aliphatic carbocycles. The van der Waals surface area contributed by atoms with E-state index in [0.29, 0.717) is 12.7 Å². The van der Waals surface area contributed by atoms with Crippen molar-refractivity contribution in [1.29, 1.82) is 0 Å². The van der Waals surface area contributed by atoms with Gasteiger partial charge in [0, 0.05) is 50.2 Å². The van der Waals surface area contributed by atoms with Crippen LogP contribution in [-0.2, 0) is 22.6 Å². The first kappa shape index (κ1) is 17.6. The molecule has 5 heteroatoms. The first-order chi connectivity index (χ1) is 12.8. The Morgan fingerprint density at radius 3 is 2.96 bits per heavy atom. The van der Waals surface area contributed by atoms with Gasteiger partial charge < -0.3 is 9.47 Å². The van der Waals surface area contributed by atoms with Crippen molar-refractivity contribution in [3.05, 3.63) is 60.2 Å². The number of nitrogens with zero attached hydrogens (tertiary/aromatic N) is 3. The lowest BCUT2D eigenvalue weighted by atomic mass is 9.73. The number of rotatable bonds is 6. The molecule has 4 rings (SSSR count). The molecule has 0 N–H and O–H groups in total. The van der Waals surface area contributed by atoms with Crippen LogP contribution in [0.4, 0.5) is 0 Å². The monoisotopic (exact) mass is 353 g/mol. The molecule has 26 heavy (non-hydrogen) atoms. The minimum Gasteiger partial charge on any atom is -0.377 e. The third-order valence-corrected chi connectivity index (χ3v) is 5.59. The van der Waals surface area contributed by atoms with Gasteiger partial charge in [-0.25, -0.2) is 0 Å². The van der Waals surface area contributed by atoms with Gasteiger partial charge in [-0.2, -0.15) is 0 Å². The van der Waals surface area contributed by atoms with Gasteiger partial charge in [-0.1, -0.05) is 6.07 Å². The van der Waals surface area contributed by atoms with Gasteiger partial charge in [0.25, 0.3) is 0 Å². The zero-order valence-corrected chi connectivity index (χ0v) is 15.2. The van der Waals surface area contributed by atoms with E-state index >= 15 is 0 Å². The summed E-state index contributed by atoms with van der Waals surface area (Å²) in [6.45, 7) is 5.25. The summed E-state index contributed by atoms with van der Waals surface area (Å²) in [5, 5.41) is 0. The summed E-state index contributed by atoms with van der Waals surface area (Å²) in [6, 6.07) is 10.2. The van der Waals surface area contributed by atoms with Gasteiger partial charge >= 0.3 is 0 Å². The van der Waals surface area contributed by atoms with Crippen LogP contribution in [0.2, 0.25) is 0 Å². The van der Waals surface area contributed by atoms with E-state index in [0.717, 1.165) is 51.4 Å². The van der Waals surface area contributed by atoms with Crippen LogP contribution in [0, 0.1) is 5.41 Å². The van der Waals surface area contributed by atoms with Gasteiger partial charge in [-0.15, -0.1) is 0 Å². The fraction of sp³-hybridized carbons (Fsp3) is 0.524. The lowest BCUT2D eigenvalue weighted by Crippen LogP contribution is -2.56. The van der Waals surface area contributed by atoms with Crippen molar-refractivity contribution in [2.45, 2.75) is 38.5 Å². The summed E-state index contributed by atoms with van der Waals surface area (Å²) in [7, 11) is 0. The summed E-state index contributed by atoms with van der Waals surface area (Å²) in [5.74, 6) is 0. The average Bonchev–Trinajstić information content (AvgIpc) is 2.69. The molecule has 0 spiro atoms. The van der Waals surface area contributed by atoms with E-state index in [4.69, 9.17) is 9.47 Å². The molecule has 2 fully saturated rings. The van der Waals surface area contributed by atoms with Crippen LogP contribution < -0.4 is 0 Å². The molecule has 138 valence electrons. The first-order valence-corrected chi connectivity index (χ1v) is 9.55. The van der Waals surface area contributed by atoms with E-state index < -0.39 is 0 Å². The zero-order valence-electron chi connectivity index (χ0n) is 15.2. The second kappa shape index (κ2) is 8.25. The van der Waals surface area contributed by atoms with E-state index in [9.17, 15) is 0 Å². The number of pyridine rings is 2. The number of piperidine rings is 1. The van der Waals surface area contributed by atoms with Gasteiger partial charge in [0.2, 0.25) is 0 Å². The molecule has 0 radical (unpaired) electrons. The molecular weight excluding hydrogens is 326 g/mol. The van der Waals surface area contributed by atoms with Crippen LogP contribution in [0.15, 0.2) is 48.9 Å². The molecule has 2 atom stereocenters. The van der Waals surface area contributed by atoms with Crippen LogP contribution in [0.25, 0.3) is 0 Å². The number of likely N-dealkylation sites (tertiary alicyclic amines) is 1. The second-order valence-corrected chi connectivity index (χ2v) is 7.49. The predicted molar refractivity (Wildman–Crippen MR) is 99.4 cm³/mol. The maximum atomic E-state index is 6.17. The minimum absolute atomic E-state index is 0.0955. The Hall–Kier alpha value is -1.82. The normalized spacial score (nSPS) is 26.4. The lowest BCUT2D eigenvalue weighted by molar-refractivity contribution is -0.155. The Kier molecular flexibility index (Phi) is 5.58. The Morgan fingerprint density at radius 2 is 2.12 bits per heavy atom. The highest BCUT2D eigenvalue weighted by Crippen LogP contribution is 2.40. The van der Waals surface area contributed by atoms with Crippen molar-refractivity contribution in [2.75, 3.05) is 26.3 Å². The lowest BCUT2D eigenvalue weighted by Gasteiger charge is -2.50. The maximum absolute atomic E-state index is 6.17. The standard InChI is InChI=1S/C21H27N3O2/c1-2-9-23-19(4-1)14-24-12-7-20-21(16-24,8-3-13-26-20)17-25-15-18-5-10-22-11-6-18/h1-2,4-6,9-11,20H,3,7-8,12-17H2/t20-,21-/m1/s1. The average molecular weight is 353 g/mol. The Balaban J connectivity index is 1.41. The summed E-state index contributed by atoms with van der Waals surface area (Å²) >= 11 is 0. The fourth-order valence-electron chi connectivity index (χ4n) is 4.30. The highest BCUT2D eigenvalue weighted by Gasteiger charge is 2.46. The van der Waals surface area contributed by atoms with Crippen molar-refractivity contribution in [3.8, 4) is 0 Å². The second-order valence-electron chi connectivity index (χ2n) is 7.49. The van der Waals surface area contributed by atoms with Gasteiger partial charge in [0.15, 0.2) is 0 Å². The Bertz CT molecular complexity index is 682. The van der Waals surface area contributed by atoms with E-state index in [1.807, 2.05) is 36.8 Å². The molecular formula is C21H27N3O2. The Labute approximate surface area is 155 Å². The van der Waals surface area contributed by atoms with Crippen LogP contribution in [-0.4, -0.2) is 47.3 Å². The molecule has 0 aromatic carbocycles. The SMILES string of the molecule is c1ccc(CN2CC[C@H]3OCCC[C@]3(COCc3ccncc3)C2)nc1. The summed E-state index contributed by atoms with van der Waals surface area (Å²) < 4.78 is 12.3. The van der Waals surface area contributed by atoms with Gasteiger partial charge in [-0.3, -0.25) is 14.9 Å². The molecule has 2 aromatic heterocycles.